The van der Waals surface area contributed by atoms with E-state index >= 15 is 0 Å². The Morgan fingerprint density at radius 1 is 1.24 bits per heavy atom. The highest BCUT2D eigenvalue weighted by Gasteiger charge is 2.27. The lowest BCUT2D eigenvalue weighted by Crippen LogP contribution is -2.33. The van der Waals surface area contributed by atoms with Gasteiger partial charge in [0.25, 0.3) is 5.91 Å². The van der Waals surface area contributed by atoms with Crippen LogP contribution >= 0.6 is 11.3 Å². The summed E-state index contributed by atoms with van der Waals surface area (Å²) in [5, 5.41) is 5.27. The van der Waals surface area contributed by atoms with Crippen molar-refractivity contribution in [1.82, 2.24) is 14.6 Å². The normalized spacial score (nSPS) is 20.1. The number of carbonyl (C=O) groups is 1. The molecule has 8 nitrogen and oxygen atoms in total. The smallest absolute Gasteiger partial charge is 0.257 e. The summed E-state index contributed by atoms with van der Waals surface area (Å²) in [5.74, 6) is 0.507. The number of sulfonamides is 1. The summed E-state index contributed by atoms with van der Waals surface area (Å²) in [6, 6.07) is 4.37. The maximum Gasteiger partial charge on any atom is 0.257 e. The van der Waals surface area contributed by atoms with Crippen LogP contribution in [-0.4, -0.2) is 50.5 Å². The average molecular weight is 493 g/mol. The number of benzene rings is 1. The number of nitrogens with one attached hydrogen (secondary N) is 2. The minimum absolute atomic E-state index is 0.0244. The average Bonchev–Trinajstić information content (AvgIpc) is 3.45. The van der Waals surface area contributed by atoms with Crippen molar-refractivity contribution in [2.24, 2.45) is 5.92 Å². The SMILES string of the molecule is COc1ccc(C(=O)Nc2nc(CN3CCCC(C)C3)cs2)cc1S(=O)(=O)NC1CCCC1. The molecule has 1 amide bonds. The number of piperidine rings is 1. The molecule has 2 heterocycles. The summed E-state index contributed by atoms with van der Waals surface area (Å²) < 4.78 is 34.0. The number of ether oxygens (including phenoxy) is 1. The van der Waals surface area contributed by atoms with Crippen LogP contribution in [0.1, 0.15) is 61.5 Å². The van der Waals surface area contributed by atoms with E-state index in [-0.39, 0.29) is 22.3 Å². The van der Waals surface area contributed by atoms with E-state index in [1.807, 2.05) is 5.38 Å². The molecule has 0 radical (unpaired) electrons. The highest BCUT2D eigenvalue weighted by Crippen LogP contribution is 2.28. The van der Waals surface area contributed by atoms with Crippen molar-refractivity contribution < 1.29 is 17.9 Å². The van der Waals surface area contributed by atoms with Gasteiger partial charge in [-0.15, -0.1) is 11.3 Å². The summed E-state index contributed by atoms with van der Waals surface area (Å²) in [6.07, 6.45) is 6.14. The second-order valence-corrected chi connectivity index (χ2v) is 11.6. The summed E-state index contributed by atoms with van der Waals surface area (Å²) in [6.45, 7) is 5.18. The van der Waals surface area contributed by atoms with Gasteiger partial charge in [-0.3, -0.25) is 15.0 Å². The van der Waals surface area contributed by atoms with Crippen molar-refractivity contribution in [2.75, 3.05) is 25.5 Å². The first kappa shape index (κ1) is 24.1. The van der Waals surface area contributed by atoms with E-state index in [1.165, 1.54) is 43.4 Å². The number of thiazole rings is 1. The lowest BCUT2D eigenvalue weighted by atomic mass is 10.0. The molecule has 1 aliphatic heterocycles. The van der Waals surface area contributed by atoms with Gasteiger partial charge in [0.05, 0.1) is 12.8 Å². The number of nitrogens with zero attached hydrogens (tertiary/aromatic N) is 2. The van der Waals surface area contributed by atoms with Gasteiger partial charge in [-0.2, -0.15) is 0 Å². The fraction of sp³-hybridized carbons (Fsp3) is 0.565. The number of carbonyl (C=O) groups excluding carboxylic acids is 1. The van der Waals surface area contributed by atoms with Gasteiger partial charge >= 0.3 is 0 Å². The van der Waals surface area contributed by atoms with E-state index in [2.05, 4.69) is 26.8 Å². The third-order valence-corrected chi connectivity index (χ3v) is 8.64. The lowest BCUT2D eigenvalue weighted by Gasteiger charge is -2.30. The van der Waals surface area contributed by atoms with Gasteiger partial charge in [0.15, 0.2) is 5.13 Å². The van der Waals surface area contributed by atoms with Crippen molar-refractivity contribution in [3.8, 4) is 5.75 Å². The fourth-order valence-corrected chi connectivity index (χ4v) is 6.82. The Morgan fingerprint density at radius 2 is 2.03 bits per heavy atom. The Balaban J connectivity index is 1.45. The predicted octanol–water partition coefficient (Wildman–Crippen LogP) is 3.86. The first-order chi connectivity index (χ1) is 15.8. The number of likely N-dealkylation sites (tertiary alicyclic amines) is 1. The molecule has 1 unspecified atom stereocenters. The first-order valence-electron chi connectivity index (χ1n) is 11.5. The van der Waals surface area contributed by atoms with E-state index < -0.39 is 15.9 Å². The van der Waals surface area contributed by atoms with Gasteiger partial charge in [0.2, 0.25) is 10.0 Å². The van der Waals surface area contributed by atoms with Crippen LogP contribution in [0.3, 0.4) is 0 Å². The molecule has 2 aliphatic rings. The van der Waals surface area contributed by atoms with E-state index in [0.717, 1.165) is 51.0 Å². The number of amides is 1. The molecule has 4 rings (SSSR count). The number of rotatable bonds is 8. The van der Waals surface area contributed by atoms with Gasteiger partial charge in [-0.25, -0.2) is 18.1 Å². The van der Waals surface area contributed by atoms with Crippen LogP contribution in [0.4, 0.5) is 5.13 Å². The standard InChI is InChI=1S/C23H32N4O4S2/c1-16-6-5-11-27(13-16)14-19-15-32-23(24-19)25-22(28)17-9-10-20(31-2)21(12-17)33(29,30)26-18-7-3-4-8-18/h9-10,12,15-16,18,26H,3-8,11,13-14H2,1-2H3,(H,24,25,28). The molecule has 2 aromatic rings. The zero-order valence-electron chi connectivity index (χ0n) is 19.2. The van der Waals surface area contributed by atoms with Crippen LogP contribution in [0.2, 0.25) is 0 Å². The molecule has 1 saturated carbocycles. The van der Waals surface area contributed by atoms with Crippen LogP contribution in [0.25, 0.3) is 0 Å². The summed E-state index contributed by atoms with van der Waals surface area (Å²) in [5.41, 5.74) is 1.17. The van der Waals surface area contributed by atoms with Crippen molar-refractivity contribution in [2.45, 2.75) is 62.9 Å². The van der Waals surface area contributed by atoms with Crippen LogP contribution < -0.4 is 14.8 Å². The largest absolute Gasteiger partial charge is 0.495 e. The molecule has 180 valence electrons. The van der Waals surface area contributed by atoms with Gasteiger partial charge in [0.1, 0.15) is 10.6 Å². The Bertz CT molecular complexity index is 1080. The van der Waals surface area contributed by atoms with Gasteiger partial charge < -0.3 is 4.74 Å². The maximum atomic E-state index is 13.0. The van der Waals surface area contributed by atoms with Crippen molar-refractivity contribution >= 4 is 32.4 Å². The molecule has 0 bridgehead atoms. The highest BCUT2D eigenvalue weighted by atomic mass is 32.2. The molecular formula is C23H32N4O4S2. The topological polar surface area (TPSA) is 101 Å². The molecule has 2 fully saturated rings. The Labute approximate surface area is 199 Å². The molecule has 1 aromatic heterocycles. The fourth-order valence-electron chi connectivity index (χ4n) is 4.62. The third-order valence-electron chi connectivity index (χ3n) is 6.29. The van der Waals surface area contributed by atoms with Crippen LogP contribution in [0.5, 0.6) is 5.75 Å². The van der Waals surface area contributed by atoms with E-state index in [1.54, 1.807) is 6.07 Å². The third kappa shape index (κ3) is 6.11. The first-order valence-corrected chi connectivity index (χ1v) is 13.9. The van der Waals surface area contributed by atoms with Crippen LogP contribution in [0, 0.1) is 5.92 Å². The molecule has 0 spiro atoms. The minimum atomic E-state index is -3.81. The Kier molecular flexibility index (Phi) is 7.68. The lowest BCUT2D eigenvalue weighted by molar-refractivity contribution is 0.102. The molecule has 1 aliphatic carbocycles. The maximum absolute atomic E-state index is 13.0. The number of methoxy groups -OCH3 is 1. The number of aromatic nitrogens is 1. The van der Waals surface area contributed by atoms with Gasteiger partial charge in [0, 0.05) is 30.1 Å². The summed E-state index contributed by atoms with van der Waals surface area (Å²) in [7, 11) is -2.39. The van der Waals surface area contributed by atoms with E-state index in [0.29, 0.717) is 11.0 Å². The number of hydrogen-bond donors (Lipinski definition) is 2. The quantitative estimate of drug-likeness (QED) is 0.580. The van der Waals surface area contributed by atoms with Crippen LogP contribution in [0.15, 0.2) is 28.5 Å². The highest BCUT2D eigenvalue weighted by molar-refractivity contribution is 7.89. The Hall–Kier alpha value is -2.01. The van der Waals surface area contributed by atoms with Crippen molar-refractivity contribution in [1.29, 1.82) is 0 Å². The van der Waals surface area contributed by atoms with Gasteiger partial charge in [-0.05, 0) is 56.3 Å². The predicted molar refractivity (Wildman–Crippen MR) is 129 cm³/mol. The second kappa shape index (κ2) is 10.5. The minimum Gasteiger partial charge on any atom is -0.495 e. The number of anilines is 1. The Morgan fingerprint density at radius 3 is 2.76 bits per heavy atom. The molecule has 33 heavy (non-hydrogen) atoms. The zero-order valence-corrected chi connectivity index (χ0v) is 20.8. The zero-order chi connectivity index (χ0) is 23.4. The number of hydrogen-bond acceptors (Lipinski definition) is 7. The monoisotopic (exact) mass is 492 g/mol. The van der Waals surface area contributed by atoms with E-state index in [9.17, 15) is 13.2 Å². The van der Waals surface area contributed by atoms with Gasteiger partial charge in [-0.1, -0.05) is 19.8 Å². The molecule has 1 aromatic carbocycles. The van der Waals surface area contributed by atoms with Crippen molar-refractivity contribution in [3.05, 3.63) is 34.8 Å². The second-order valence-electron chi connectivity index (χ2n) is 9.05. The van der Waals surface area contributed by atoms with Crippen molar-refractivity contribution in [3.63, 3.8) is 0 Å². The van der Waals surface area contributed by atoms with Crippen LogP contribution in [-0.2, 0) is 16.6 Å². The summed E-state index contributed by atoms with van der Waals surface area (Å²) in [4.78, 5) is 19.8. The van der Waals surface area contributed by atoms with E-state index in [4.69, 9.17) is 4.74 Å². The molecule has 2 N–H and O–H groups in total. The molecular weight excluding hydrogens is 460 g/mol. The molecule has 10 heteroatoms. The summed E-state index contributed by atoms with van der Waals surface area (Å²) >= 11 is 1.38. The molecule has 1 saturated heterocycles. The molecule has 1 atom stereocenters.